The smallest absolute Gasteiger partial charge is 0.235 e. The quantitative estimate of drug-likeness (QED) is 0.765. The topological polar surface area (TPSA) is 61.2 Å². The van der Waals surface area contributed by atoms with Gasteiger partial charge in [-0.25, -0.2) is 8.42 Å². The molecule has 1 heterocycles. The Morgan fingerprint density at radius 2 is 2.06 bits per heavy atom. The Balaban J connectivity index is 2.06. The summed E-state index contributed by atoms with van der Waals surface area (Å²) in [6.07, 6.45) is 2.40. The summed E-state index contributed by atoms with van der Waals surface area (Å²) in [7, 11) is -3.23. The third-order valence-corrected chi connectivity index (χ3v) is 4.98. The lowest BCUT2D eigenvalue weighted by molar-refractivity contribution is 0.588. The van der Waals surface area contributed by atoms with E-state index in [9.17, 15) is 8.42 Å². The van der Waals surface area contributed by atoms with Crippen molar-refractivity contribution in [1.82, 2.24) is 0 Å². The molecule has 0 aromatic heterocycles. The highest BCUT2D eigenvalue weighted by molar-refractivity contribution is 7.92. The Morgan fingerprint density at radius 3 is 2.83 bits per heavy atom. The number of hydrogen-bond acceptors (Lipinski definition) is 3. The van der Waals surface area contributed by atoms with Crippen molar-refractivity contribution in [3.8, 4) is 6.07 Å². The highest BCUT2D eigenvalue weighted by Gasteiger charge is 2.28. The van der Waals surface area contributed by atoms with Crippen LogP contribution in [0.1, 0.15) is 24.8 Å². The van der Waals surface area contributed by atoms with Crippen LogP contribution in [0.5, 0.6) is 0 Å². The Labute approximate surface area is 108 Å². The lowest BCUT2D eigenvalue weighted by Gasteiger charge is -2.19. The molecule has 96 valence electrons. The number of sulfonamides is 1. The minimum Gasteiger partial charge on any atom is -0.270 e. The number of benzene rings is 1. The molecule has 2 rings (SSSR count). The summed E-state index contributed by atoms with van der Waals surface area (Å²) in [6.45, 7) is 0.542. The van der Waals surface area contributed by atoms with Gasteiger partial charge in [-0.2, -0.15) is 5.26 Å². The van der Waals surface area contributed by atoms with Gasteiger partial charge in [-0.3, -0.25) is 4.31 Å². The van der Waals surface area contributed by atoms with Crippen molar-refractivity contribution >= 4 is 15.7 Å². The van der Waals surface area contributed by atoms with E-state index in [2.05, 4.69) is 0 Å². The number of anilines is 1. The summed E-state index contributed by atoms with van der Waals surface area (Å²) in [5.41, 5.74) is 1.91. The van der Waals surface area contributed by atoms with E-state index in [0.29, 0.717) is 25.8 Å². The fourth-order valence-corrected chi connectivity index (χ4v) is 3.83. The van der Waals surface area contributed by atoms with Crippen LogP contribution in [0.4, 0.5) is 5.69 Å². The highest BCUT2D eigenvalue weighted by atomic mass is 32.2. The second-order valence-electron chi connectivity index (χ2n) is 4.38. The van der Waals surface area contributed by atoms with Crippen molar-refractivity contribution in [2.45, 2.75) is 25.7 Å². The molecule has 0 spiro atoms. The van der Waals surface area contributed by atoms with Crippen LogP contribution in [0.15, 0.2) is 24.3 Å². The van der Waals surface area contributed by atoms with Gasteiger partial charge in [-0.1, -0.05) is 18.2 Å². The van der Waals surface area contributed by atoms with E-state index in [-0.39, 0.29) is 5.75 Å². The van der Waals surface area contributed by atoms with Gasteiger partial charge in [0.25, 0.3) is 0 Å². The summed E-state index contributed by atoms with van der Waals surface area (Å²) >= 11 is 0. The van der Waals surface area contributed by atoms with Gasteiger partial charge in [-0.05, 0) is 30.9 Å². The van der Waals surface area contributed by atoms with E-state index in [1.807, 2.05) is 30.3 Å². The minimum absolute atomic E-state index is 0.128. The number of nitrogens with zero attached hydrogens (tertiary/aromatic N) is 2. The number of rotatable bonds is 5. The minimum atomic E-state index is -3.23. The van der Waals surface area contributed by atoms with Gasteiger partial charge in [0.15, 0.2) is 0 Å². The normalized spacial score (nSPS) is 14.3. The van der Waals surface area contributed by atoms with Gasteiger partial charge in [0, 0.05) is 13.0 Å². The first-order chi connectivity index (χ1) is 8.65. The van der Waals surface area contributed by atoms with Gasteiger partial charge < -0.3 is 0 Å². The second-order valence-corrected chi connectivity index (χ2v) is 6.39. The lowest BCUT2D eigenvalue weighted by Crippen LogP contribution is -2.31. The molecule has 0 unspecified atom stereocenters. The third kappa shape index (κ3) is 2.65. The van der Waals surface area contributed by atoms with Crippen LogP contribution in [0, 0.1) is 11.3 Å². The van der Waals surface area contributed by atoms with Crippen LogP contribution in [0.2, 0.25) is 0 Å². The second kappa shape index (κ2) is 5.40. The number of unbranched alkanes of at least 4 members (excludes halogenated alkanes) is 2. The molecule has 0 saturated heterocycles. The maximum Gasteiger partial charge on any atom is 0.235 e. The van der Waals surface area contributed by atoms with Crippen molar-refractivity contribution in [2.75, 3.05) is 16.6 Å². The van der Waals surface area contributed by atoms with E-state index >= 15 is 0 Å². The summed E-state index contributed by atoms with van der Waals surface area (Å²) in [4.78, 5) is 0. The Bertz CT molecular complexity index is 561. The average Bonchev–Trinajstić information content (AvgIpc) is 2.79. The molecule has 1 aliphatic heterocycles. The van der Waals surface area contributed by atoms with E-state index in [4.69, 9.17) is 5.26 Å². The molecule has 0 fully saturated rings. The van der Waals surface area contributed by atoms with E-state index in [1.165, 1.54) is 4.31 Å². The molecule has 0 amide bonds. The molecule has 1 aromatic carbocycles. The summed E-state index contributed by atoms with van der Waals surface area (Å²) in [5.74, 6) is 0.128. The highest BCUT2D eigenvalue weighted by Crippen LogP contribution is 2.30. The average molecular weight is 264 g/mol. The number of nitriles is 1. The molecule has 1 aliphatic rings. The zero-order valence-corrected chi connectivity index (χ0v) is 11.0. The number of fused-ring (bicyclic) bond motifs is 1. The van der Waals surface area contributed by atoms with Crippen LogP contribution in [0.3, 0.4) is 0 Å². The molecule has 0 N–H and O–H groups in total. The zero-order chi connectivity index (χ0) is 13.0. The summed E-state index contributed by atoms with van der Waals surface area (Å²) in [6, 6.07) is 9.66. The number of hydrogen-bond donors (Lipinski definition) is 0. The molecule has 0 saturated carbocycles. The zero-order valence-electron chi connectivity index (χ0n) is 10.2. The van der Waals surface area contributed by atoms with Crippen molar-refractivity contribution in [3.05, 3.63) is 29.8 Å². The predicted octanol–water partition coefficient (Wildman–Crippen LogP) is 2.07. The standard InChI is InChI=1S/C13H16N2O2S/c14-9-4-1-5-11-18(16,17)15-10-8-12-6-2-3-7-13(12)15/h2-3,6-7H,1,4-5,8,10-11H2. The van der Waals surface area contributed by atoms with Crippen molar-refractivity contribution < 1.29 is 8.42 Å². The van der Waals surface area contributed by atoms with E-state index in [1.54, 1.807) is 0 Å². The fraction of sp³-hybridized carbons (Fsp3) is 0.462. The molecule has 5 heteroatoms. The monoisotopic (exact) mass is 264 g/mol. The first-order valence-electron chi connectivity index (χ1n) is 6.10. The van der Waals surface area contributed by atoms with Crippen LogP contribution < -0.4 is 4.31 Å². The first kappa shape index (κ1) is 12.9. The predicted molar refractivity (Wildman–Crippen MR) is 70.7 cm³/mol. The van der Waals surface area contributed by atoms with Gasteiger partial charge in [-0.15, -0.1) is 0 Å². The number of para-hydroxylation sites is 1. The van der Waals surface area contributed by atoms with E-state index in [0.717, 1.165) is 17.7 Å². The largest absolute Gasteiger partial charge is 0.270 e. The van der Waals surface area contributed by atoms with Crippen LogP contribution in [0.25, 0.3) is 0 Å². The van der Waals surface area contributed by atoms with Gasteiger partial charge >= 0.3 is 0 Å². The molecule has 0 aliphatic carbocycles. The SMILES string of the molecule is N#CCCCCS(=O)(=O)N1CCc2ccccc21. The Kier molecular flexibility index (Phi) is 3.87. The molecular weight excluding hydrogens is 248 g/mol. The van der Waals surface area contributed by atoms with Gasteiger partial charge in [0.2, 0.25) is 10.0 Å². The third-order valence-electron chi connectivity index (χ3n) is 3.12. The van der Waals surface area contributed by atoms with Gasteiger partial charge in [0.05, 0.1) is 17.5 Å². The maximum absolute atomic E-state index is 12.2. The molecule has 0 bridgehead atoms. The van der Waals surface area contributed by atoms with Crippen LogP contribution in [-0.2, 0) is 16.4 Å². The van der Waals surface area contributed by atoms with Crippen molar-refractivity contribution in [2.24, 2.45) is 0 Å². The fourth-order valence-electron chi connectivity index (χ4n) is 2.20. The maximum atomic E-state index is 12.2. The van der Waals surface area contributed by atoms with Gasteiger partial charge in [0.1, 0.15) is 0 Å². The molecule has 0 radical (unpaired) electrons. The lowest BCUT2D eigenvalue weighted by atomic mass is 10.2. The molecule has 0 atom stereocenters. The van der Waals surface area contributed by atoms with Crippen molar-refractivity contribution in [3.63, 3.8) is 0 Å². The molecule has 18 heavy (non-hydrogen) atoms. The molecule has 4 nitrogen and oxygen atoms in total. The summed E-state index contributed by atoms with van der Waals surface area (Å²) < 4.78 is 25.9. The van der Waals surface area contributed by atoms with Crippen LogP contribution >= 0.6 is 0 Å². The van der Waals surface area contributed by atoms with Crippen molar-refractivity contribution in [1.29, 1.82) is 5.26 Å². The first-order valence-corrected chi connectivity index (χ1v) is 7.71. The van der Waals surface area contributed by atoms with Crippen LogP contribution in [-0.4, -0.2) is 20.7 Å². The van der Waals surface area contributed by atoms with E-state index < -0.39 is 10.0 Å². The summed E-state index contributed by atoms with van der Waals surface area (Å²) in [5, 5.41) is 8.43. The molecular formula is C13H16N2O2S. The Morgan fingerprint density at radius 1 is 1.28 bits per heavy atom. The Hall–Kier alpha value is -1.54. The molecule has 1 aromatic rings.